The Balaban J connectivity index is 1.85. The van der Waals surface area contributed by atoms with Gasteiger partial charge in [0.25, 0.3) is 5.91 Å². The zero-order valence-electron chi connectivity index (χ0n) is 13.7. The molecule has 0 fully saturated rings. The monoisotopic (exact) mass is 347 g/mol. The van der Waals surface area contributed by atoms with E-state index in [0.29, 0.717) is 17.2 Å². The molecule has 0 spiro atoms. The molecule has 1 amide bonds. The summed E-state index contributed by atoms with van der Waals surface area (Å²) in [7, 11) is -3.27. The molecule has 2 aromatic carbocycles. The number of benzene rings is 2. The Kier molecular flexibility index (Phi) is 5.98. The fourth-order valence-electron chi connectivity index (χ4n) is 1.99. The fraction of sp³-hybridized carbons (Fsp3) is 0.278. The molecule has 24 heavy (non-hydrogen) atoms. The first-order chi connectivity index (χ1) is 11.4. The van der Waals surface area contributed by atoms with Crippen LogP contribution in [0.1, 0.15) is 19.4 Å². The summed E-state index contributed by atoms with van der Waals surface area (Å²) in [5.41, 5.74) is 0.825. The van der Waals surface area contributed by atoms with E-state index in [1.54, 1.807) is 50.2 Å². The molecule has 0 saturated heterocycles. The third kappa shape index (κ3) is 4.83. The lowest BCUT2D eigenvalue weighted by atomic mass is 10.2. The fourth-order valence-corrected chi connectivity index (χ4v) is 3.05. The minimum absolute atomic E-state index is 0.0656. The van der Waals surface area contributed by atoms with Gasteiger partial charge in [0.05, 0.1) is 10.1 Å². The number of para-hydroxylation sites is 1. The zero-order chi connectivity index (χ0) is 17.6. The highest BCUT2D eigenvalue weighted by Crippen LogP contribution is 2.16. The molecule has 2 rings (SSSR count). The lowest BCUT2D eigenvalue weighted by molar-refractivity contribution is -0.123. The van der Waals surface area contributed by atoms with Gasteiger partial charge in [0.15, 0.2) is 16.4 Å². The Morgan fingerprint density at radius 1 is 1.04 bits per heavy atom. The summed E-state index contributed by atoms with van der Waals surface area (Å²) in [6, 6.07) is 15.6. The quantitative estimate of drug-likeness (QED) is 0.835. The van der Waals surface area contributed by atoms with Crippen LogP contribution in [0.2, 0.25) is 0 Å². The number of hydrogen-bond acceptors (Lipinski definition) is 4. The number of rotatable bonds is 7. The molecule has 0 heterocycles. The zero-order valence-corrected chi connectivity index (χ0v) is 14.5. The maximum absolute atomic E-state index is 12.0. The first kappa shape index (κ1) is 18.0. The molecule has 128 valence electrons. The summed E-state index contributed by atoms with van der Waals surface area (Å²) < 4.78 is 29.4. The predicted molar refractivity (Wildman–Crippen MR) is 92.5 cm³/mol. The molecule has 0 aliphatic heterocycles. The standard InChI is InChI=1S/C18H21NO4S/c1-14(2)24(21,22)17-10-8-15(9-11-17)12-19-18(20)13-23-16-6-4-3-5-7-16/h3-11,14H,12-13H2,1-2H3,(H,19,20). The summed E-state index contributed by atoms with van der Waals surface area (Å²) in [5, 5.41) is 2.28. The maximum Gasteiger partial charge on any atom is 0.258 e. The molecule has 0 aliphatic rings. The summed E-state index contributed by atoms with van der Waals surface area (Å²) in [5.74, 6) is 0.397. The van der Waals surface area contributed by atoms with Crippen molar-refractivity contribution in [3.63, 3.8) is 0 Å². The number of amides is 1. The minimum atomic E-state index is -3.27. The molecule has 6 heteroatoms. The van der Waals surface area contributed by atoms with Crippen molar-refractivity contribution in [3.8, 4) is 5.75 Å². The van der Waals surface area contributed by atoms with E-state index in [1.165, 1.54) is 0 Å². The van der Waals surface area contributed by atoms with Crippen LogP contribution >= 0.6 is 0 Å². The van der Waals surface area contributed by atoms with Crippen LogP contribution in [0, 0.1) is 0 Å². The highest BCUT2D eigenvalue weighted by Gasteiger charge is 2.18. The first-order valence-corrected chi connectivity index (χ1v) is 9.21. The number of carbonyl (C=O) groups excluding carboxylic acids is 1. The molecule has 0 radical (unpaired) electrons. The van der Waals surface area contributed by atoms with Gasteiger partial charge < -0.3 is 10.1 Å². The Labute approximate surface area is 142 Å². The highest BCUT2D eigenvalue weighted by atomic mass is 32.2. The van der Waals surface area contributed by atoms with Crippen LogP contribution < -0.4 is 10.1 Å². The number of ether oxygens (including phenoxy) is 1. The van der Waals surface area contributed by atoms with E-state index < -0.39 is 15.1 Å². The lowest BCUT2D eigenvalue weighted by Crippen LogP contribution is -2.28. The van der Waals surface area contributed by atoms with Crippen LogP contribution in [-0.4, -0.2) is 26.2 Å². The van der Waals surface area contributed by atoms with Crippen molar-refractivity contribution < 1.29 is 17.9 Å². The van der Waals surface area contributed by atoms with Crippen molar-refractivity contribution in [3.05, 3.63) is 60.2 Å². The van der Waals surface area contributed by atoms with Crippen molar-refractivity contribution in [2.45, 2.75) is 30.5 Å². The van der Waals surface area contributed by atoms with Crippen LogP contribution in [0.25, 0.3) is 0 Å². The minimum Gasteiger partial charge on any atom is -0.484 e. The van der Waals surface area contributed by atoms with Crippen LogP contribution in [0.4, 0.5) is 0 Å². The first-order valence-electron chi connectivity index (χ1n) is 7.67. The van der Waals surface area contributed by atoms with Gasteiger partial charge in [-0.05, 0) is 43.7 Å². The van der Waals surface area contributed by atoms with Gasteiger partial charge in [0, 0.05) is 6.54 Å². The van der Waals surface area contributed by atoms with Crippen molar-refractivity contribution in [1.82, 2.24) is 5.32 Å². The van der Waals surface area contributed by atoms with Crippen LogP contribution in [-0.2, 0) is 21.2 Å². The summed E-state index contributed by atoms with van der Waals surface area (Å²) in [4.78, 5) is 12.1. The van der Waals surface area contributed by atoms with Gasteiger partial charge in [-0.15, -0.1) is 0 Å². The summed E-state index contributed by atoms with van der Waals surface area (Å²) >= 11 is 0. The number of sulfone groups is 1. The third-order valence-electron chi connectivity index (χ3n) is 3.48. The van der Waals surface area contributed by atoms with Gasteiger partial charge in [-0.3, -0.25) is 4.79 Å². The molecule has 2 aromatic rings. The number of carbonyl (C=O) groups is 1. The molecule has 0 unspecified atom stereocenters. The molecule has 0 aromatic heterocycles. The predicted octanol–water partition coefficient (Wildman–Crippen LogP) is 2.56. The average Bonchev–Trinajstić information content (AvgIpc) is 2.59. The van der Waals surface area contributed by atoms with Crippen LogP contribution in [0.15, 0.2) is 59.5 Å². The maximum atomic E-state index is 12.0. The van der Waals surface area contributed by atoms with Crippen molar-refractivity contribution in [2.24, 2.45) is 0 Å². The molecule has 5 nitrogen and oxygen atoms in total. The summed E-state index contributed by atoms with van der Waals surface area (Å²) in [6.07, 6.45) is 0. The van der Waals surface area contributed by atoms with Gasteiger partial charge in [0.2, 0.25) is 0 Å². The van der Waals surface area contributed by atoms with Gasteiger partial charge >= 0.3 is 0 Å². The Hall–Kier alpha value is -2.34. The normalized spacial score (nSPS) is 11.3. The lowest BCUT2D eigenvalue weighted by Gasteiger charge is -2.10. The number of hydrogen-bond donors (Lipinski definition) is 1. The summed E-state index contributed by atoms with van der Waals surface area (Å²) in [6.45, 7) is 3.55. The Bertz CT molecular complexity index is 768. The van der Waals surface area contributed by atoms with Crippen molar-refractivity contribution in [2.75, 3.05) is 6.61 Å². The molecule has 0 saturated carbocycles. The molecule has 0 aliphatic carbocycles. The van der Waals surface area contributed by atoms with E-state index in [-0.39, 0.29) is 12.5 Å². The second-order valence-electron chi connectivity index (χ2n) is 5.62. The van der Waals surface area contributed by atoms with Crippen molar-refractivity contribution >= 4 is 15.7 Å². The van der Waals surface area contributed by atoms with E-state index >= 15 is 0 Å². The van der Waals surface area contributed by atoms with E-state index in [1.807, 2.05) is 18.2 Å². The Morgan fingerprint density at radius 3 is 2.25 bits per heavy atom. The van der Waals surface area contributed by atoms with E-state index in [0.717, 1.165) is 5.56 Å². The number of nitrogens with one attached hydrogen (secondary N) is 1. The molecule has 0 atom stereocenters. The van der Waals surface area contributed by atoms with Gasteiger partial charge in [0.1, 0.15) is 5.75 Å². The van der Waals surface area contributed by atoms with Crippen LogP contribution in [0.5, 0.6) is 5.75 Å². The second-order valence-corrected chi connectivity index (χ2v) is 8.12. The van der Waals surface area contributed by atoms with E-state index in [9.17, 15) is 13.2 Å². The average molecular weight is 347 g/mol. The SMILES string of the molecule is CC(C)S(=O)(=O)c1ccc(CNC(=O)COc2ccccc2)cc1. The molecular weight excluding hydrogens is 326 g/mol. The van der Waals surface area contributed by atoms with Gasteiger partial charge in [-0.1, -0.05) is 30.3 Å². The van der Waals surface area contributed by atoms with E-state index in [2.05, 4.69) is 5.32 Å². The van der Waals surface area contributed by atoms with Gasteiger partial charge in [-0.25, -0.2) is 8.42 Å². The topological polar surface area (TPSA) is 72.5 Å². The largest absolute Gasteiger partial charge is 0.484 e. The smallest absolute Gasteiger partial charge is 0.258 e. The van der Waals surface area contributed by atoms with Crippen molar-refractivity contribution in [1.29, 1.82) is 0 Å². The molecular formula is C18H21NO4S. The molecule has 1 N–H and O–H groups in total. The van der Waals surface area contributed by atoms with Gasteiger partial charge in [-0.2, -0.15) is 0 Å². The third-order valence-corrected chi connectivity index (χ3v) is 5.65. The Morgan fingerprint density at radius 2 is 1.67 bits per heavy atom. The highest BCUT2D eigenvalue weighted by molar-refractivity contribution is 7.92. The van der Waals surface area contributed by atoms with Crippen LogP contribution in [0.3, 0.4) is 0 Å². The second kappa shape index (κ2) is 7.97. The van der Waals surface area contributed by atoms with E-state index in [4.69, 9.17) is 4.74 Å². The molecule has 0 bridgehead atoms.